The molecule has 0 nitrogen and oxygen atoms in total. The molecule has 1 aliphatic carbocycles. The molecule has 0 saturated heterocycles. The Kier molecular flexibility index (Phi) is 1.71. The van der Waals surface area contributed by atoms with Crippen molar-refractivity contribution in [2.75, 3.05) is 0 Å². The Morgan fingerprint density at radius 2 is 2.00 bits per heavy atom. The zero-order chi connectivity index (χ0) is 7.02. The maximum Gasteiger partial charge on any atom is 0.0226 e. The molecule has 50 valence electrons. The number of allylic oxidation sites excluding steroid dienone is 2. The van der Waals surface area contributed by atoms with E-state index in [0.717, 1.165) is 6.42 Å². The molecule has 0 aromatic carbocycles. The van der Waals surface area contributed by atoms with Crippen molar-refractivity contribution in [1.29, 1.82) is 0 Å². The van der Waals surface area contributed by atoms with Gasteiger partial charge in [0.15, 0.2) is 0 Å². The van der Waals surface area contributed by atoms with E-state index in [1.165, 1.54) is 16.0 Å². The van der Waals surface area contributed by atoms with Gasteiger partial charge in [-0.3, -0.25) is 0 Å². The summed E-state index contributed by atoms with van der Waals surface area (Å²) in [5.41, 5.74) is 2.93. The van der Waals surface area contributed by atoms with Crippen LogP contribution in [0.5, 0.6) is 0 Å². The van der Waals surface area contributed by atoms with Gasteiger partial charge in [0.2, 0.25) is 0 Å². The third kappa shape index (κ3) is 1.06. The third-order valence-electron chi connectivity index (χ3n) is 1.76. The smallest absolute Gasteiger partial charge is 0.0226 e. The van der Waals surface area contributed by atoms with Crippen molar-refractivity contribution in [2.45, 2.75) is 27.2 Å². The first-order valence-corrected chi connectivity index (χ1v) is 3.76. The summed E-state index contributed by atoms with van der Waals surface area (Å²) in [6.45, 7) is 6.57. The Labute approximate surface area is 62.0 Å². The Balaban J connectivity index is 2.80. The largest absolute Gasteiger partial charge is 0.0843 e. The zero-order valence-corrected chi connectivity index (χ0v) is 7.01. The van der Waals surface area contributed by atoms with Crippen molar-refractivity contribution in [3.63, 3.8) is 0 Å². The van der Waals surface area contributed by atoms with Crippen LogP contribution < -0.4 is 0 Å². The highest BCUT2D eigenvalue weighted by atomic mass is 32.1. The van der Waals surface area contributed by atoms with Crippen LogP contribution in [0.3, 0.4) is 0 Å². The minimum atomic E-state index is 0.645. The molecule has 1 rings (SSSR count). The Morgan fingerprint density at radius 1 is 1.44 bits per heavy atom. The second-order valence-corrected chi connectivity index (χ2v) is 3.44. The van der Waals surface area contributed by atoms with Crippen LogP contribution in [0.4, 0.5) is 0 Å². The standard InChI is InChI=1S/C8H12S/c1-5(2)8-6(3)4-7(8)9/h5H,4H2,1-3H3. The third-order valence-corrected chi connectivity index (χ3v) is 2.13. The molecule has 0 aromatic heterocycles. The van der Waals surface area contributed by atoms with Gasteiger partial charge in [0.05, 0.1) is 0 Å². The fraction of sp³-hybridized carbons (Fsp3) is 0.625. The monoisotopic (exact) mass is 140 g/mol. The molecule has 0 saturated carbocycles. The summed E-state index contributed by atoms with van der Waals surface area (Å²) in [5.74, 6) is 0.645. The summed E-state index contributed by atoms with van der Waals surface area (Å²) in [6.07, 6.45) is 1.07. The molecule has 1 aliphatic rings. The first kappa shape index (κ1) is 6.94. The highest BCUT2D eigenvalue weighted by Crippen LogP contribution is 2.30. The predicted molar refractivity (Wildman–Crippen MR) is 44.8 cm³/mol. The molecule has 0 N–H and O–H groups in total. The summed E-state index contributed by atoms with van der Waals surface area (Å²) in [5, 5.41) is 0. The van der Waals surface area contributed by atoms with Crippen LogP contribution in [0.15, 0.2) is 11.1 Å². The highest BCUT2D eigenvalue weighted by molar-refractivity contribution is 7.81. The van der Waals surface area contributed by atoms with Gasteiger partial charge in [0.1, 0.15) is 0 Å². The molecular formula is C8H12S. The van der Waals surface area contributed by atoms with Crippen LogP contribution >= 0.6 is 12.2 Å². The first-order valence-electron chi connectivity index (χ1n) is 3.35. The number of hydrogen-bond acceptors (Lipinski definition) is 1. The van der Waals surface area contributed by atoms with Crippen LogP contribution in [-0.4, -0.2) is 4.86 Å². The van der Waals surface area contributed by atoms with Crippen LogP contribution in [0.25, 0.3) is 0 Å². The van der Waals surface area contributed by atoms with E-state index < -0.39 is 0 Å². The normalized spacial score (nSPS) is 18.9. The minimum Gasteiger partial charge on any atom is -0.0843 e. The molecule has 0 spiro atoms. The summed E-state index contributed by atoms with van der Waals surface area (Å²) in [7, 11) is 0. The van der Waals surface area contributed by atoms with Gasteiger partial charge in [-0.2, -0.15) is 0 Å². The van der Waals surface area contributed by atoms with Crippen molar-refractivity contribution in [3.05, 3.63) is 11.1 Å². The molecule has 9 heavy (non-hydrogen) atoms. The quantitative estimate of drug-likeness (QED) is 0.505. The highest BCUT2D eigenvalue weighted by Gasteiger charge is 2.21. The van der Waals surface area contributed by atoms with Gasteiger partial charge in [-0.15, -0.1) is 0 Å². The fourth-order valence-electron chi connectivity index (χ4n) is 1.38. The van der Waals surface area contributed by atoms with Crippen LogP contribution in [0, 0.1) is 5.92 Å². The van der Waals surface area contributed by atoms with Gasteiger partial charge in [-0.05, 0) is 18.4 Å². The van der Waals surface area contributed by atoms with Gasteiger partial charge in [-0.1, -0.05) is 31.6 Å². The van der Waals surface area contributed by atoms with E-state index in [0.29, 0.717) is 5.92 Å². The maximum atomic E-state index is 5.10. The lowest BCUT2D eigenvalue weighted by Gasteiger charge is -2.25. The van der Waals surface area contributed by atoms with Gasteiger partial charge in [0.25, 0.3) is 0 Å². The van der Waals surface area contributed by atoms with Gasteiger partial charge >= 0.3 is 0 Å². The van der Waals surface area contributed by atoms with Crippen molar-refractivity contribution < 1.29 is 0 Å². The second-order valence-electron chi connectivity index (χ2n) is 2.95. The van der Waals surface area contributed by atoms with Crippen molar-refractivity contribution in [1.82, 2.24) is 0 Å². The van der Waals surface area contributed by atoms with E-state index in [1.807, 2.05) is 0 Å². The molecule has 0 heterocycles. The van der Waals surface area contributed by atoms with Crippen molar-refractivity contribution >= 4 is 17.1 Å². The van der Waals surface area contributed by atoms with E-state index >= 15 is 0 Å². The summed E-state index contributed by atoms with van der Waals surface area (Å²) < 4.78 is 0. The zero-order valence-electron chi connectivity index (χ0n) is 6.19. The van der Waals surface area contributed by atoms with Gasteiger partial charge in [0, 0.05) is 11.3 Å². The summed E-state index contributed by atoms with van der Waals surface area (Å²) >= 11 is 5.10. The Hall–Kier alpha value is -0.170. The molecule has 0 fully saturated rings. The van der Waals surface area contributed by atoms with E-state index in [4.69, 9.17) is 12.2 Å². The van der Waals surface area contributed by atoms with Gasteiger partial charge < -0.3 is 0 Å². The Morgan fingerprint density at radius 3 is 2.11 bits per heavy atom. The maximum absolute atomic E-state index is 5.10. The summed E-state index contributed by atoms with van der Waals surface area (Å²) in [4.78, 5) is 1.18. The molecule has 0 unspecified atom stereocenters. The van der Waals surface area contributed by atoms with Gasteiger partial charge in [-0.25, -0.2) is 0 Å². The fourth-order valence-corrected chi connectivity index (χ4v) is 2.00. The van der Waals surface area contributed by atoms with E-state index in [1.54, 1.807) is 0 Å². The van der Waals surface area contributed by atoms with Crippen molar-refractivity contribution in [2.24, 2.45) is 5.92 Å². The van der Waals surface area contributed by atoms with E-state index in [2.05, 4.69) is 20.8 Å². The van der Waals surface area contributed by atoms with Crippen molar-refractivity contribution in [3.8, 4) is 0 Å². The van der Waals surface area contributed by atoms with E-state index in [9.17, 15) is 0 Å². The lowest BCUT2D eigenvalue weighted by Crippen LogP contribution is -2.18. The minimum absolute atomic E-state index is 0.645. The van der Waals surface area contributed by atoms with Crippen LogP contribution in [0.1, 0.15) is 27.2 Å². The van der Waals surface area contributed by atoms with Crippen LogP contribution in [0.2, 0.25) is 0 Å². The average molecular weight is 140 g/mol. The number of rotatable bonds is 1. The topological polar surface area (TPSA) is 0 Å². The number of hydrogen-bond donors (Lipinski definition) is 0. The molecule has 0 aliphatic heterocycles. The van der Waals surface area contributed by atoms with Crippen LogP contribution in [-0.2, 0) is 0 Å². The predicted octanol–water partition coefficient (Wildman–Crippen LogP) is 2.73. The number of thiocarbonyl (C=S) groups is 1. The molecule has 1 heteroatoms. The molecular weight excluding hydrogens is 128 g/mol. The van der Waals surface area contributed by atoms with E-state index in [-0.39, 0.29) is 0 Å². The Bertz CT molecular complexity index is 175. The lowest BCUT2D eigenvalue weighted by atomic mass is 9.82. The first-order chi connectivity index (χ1) is 4.13. The molecule has 0 amide bonds. The average Bonchev–Trinajstić information content (AvgIpc) is 1.62. The molecule has 0 bridgehead atoms. The molecule has 0 aromatic rings. The summed E-state index contributed by atoms with van der Waals surface area (Å²) in [6, 6.07) is 0. The SMILES string of the molecule is CC1=C(C(C)C)C(=S)C1. The molecule has 0 radical (unpaired) electrons. The molecule has 0 atom stereocenters. The second kappa shape index (κ2) is 2.22. The lowest BCUT2D eigenvalue weighted by molar-refractivity contribution is 0.771.